The van der Waals surface area contributed by atoms with E-state index in [2.05, 4.69) is 4.98 Å². The number of carbonyl (C=O) groups is 1. The Kier molecular flexibility index (Phi) is 4.54. The van der Waals surface area contributed by atoms with Crippen molar-refractivity contribution in [3.63, 3.8) is 0 Å². The van der Waals surface area contributed by atoms with Crippen LogP contribution in [0, 0.1) is 0 Å². The molecular weight excluding hydrogens is 334 g/mol. The molecular formula is C16H19NO8. The van der Waals surface area contributed by atoms with Gasteiger partial charge in [0.1, 0.15) is 36.1 Å². The molecule has 1 aliphatic carbocycles. The van der Waals surface area contributed by atoms with Crippen molar-refractivity contribution in [2.24, 2.45) is 0 Å². The van der Waals surface area contributed by atoms with Crippen LogP contribution in [0.4, 0.5) is 0 Å². The number of carbonyl (C=O) groups excluding carboxylic acids is 1. The van der Waals surface area contributed by atoms with Gasteiger partial charge in [-0.05, 0) is 12.1 Å². The van der Waals surface area contributed by atoms with Crippen molar-refractivity contribution in [3.8, 4) is 5.75 Å². The molecule has 0 aliphatic heterocycles. The first-order chi connectivity index (χ1) is 11.8. The van der Waals surface area contributed by atoms with Gasteiger partial charge in [-0.25, -0.2) is 0 Å². The number of aliphatic hydroxyl groups is 6. The molecule has 1 saturated carbocycles. The fourth-order valence-corrected chi connectivity index (χ4v) is 3.07. The van der Waals surface area contributed by atoms with Crippen molar-refractivity contribution in [1.29, 1.82) is 0 Å². The van der Waals surface area contributed by atoms with Crippen LogP contribution in [-0.2, 0) is 4.79 Å². The molecule has 1 aromatic carbocycles. The monoisotopic (exact) mass is 353 g/mol. The van der Waals surface area contributed by atoms with Crippen LogP contribution in [0.15, 0.2) is 30.5 Å². The first-order valence-electron chi connectivity index (χ1n) is 7.65. The maximum Gasteiger partial charge on any atom is 0.314 e. The van der Waals surface area contributed by atoms with E-state index in [4.69, 9.17) is 4.74 Å². The minimum atomic E-state index is -2.58. The number of para-hydroxylation sites is 1. The van der Waals surface area contributed by atoms with E-state index in [9.17, 15) is 35.4 Å². The van der Waals surface area contributed by atoms with Crippen molar-refractivity contribution >= 4 is 16.9 Å². The lowest BCUT2D eigenvalue weighted by atomic mass is 9.73. The molecule has 0 unspecified atom stereocenters. The van der Waals surface area contributed by atoms with Crippen LogP contribution < -0.4 is 4.74 Å². The Morgan fingerprint density at radius 3 is 2.28 bits per heavy atom. The number of hydrogen-bond acceptors (Lipinski definition) is 8. The Labute approximate surface area is 141 Å². The lowest BCUT2D eigenvalue weighted by Gasteiger charge is -2.47. The van der Waals surface area contributed by atoms with E-state index in [0.29, 0.717) is 5.39 Å². The molecule has 9 nitrogen and oxygen atoms in total. The van der Waals surface area contributed by atoms with E-state index in [1.54, 1.807) is 24.3 Å². The largest absolute Gasteiger partial charge is 0.424 e. The Bertz CT molecular complexity index is 758. The Morgan fingerprint density at radius 2 is 1.64 bits per heavy atom. The summed E-state index contributed by atoms with van der Waals surface area (Å²) in [6, 6.07) is 7.00. The minimum Gasteiger partial charge on any atom is -0.424 e. The Balaban J connectivity index is 1.79. The molecule has 1 aromatic heterocycles. The number of H-pyrrole nitrogens is 1. The maximum absolute atomic E-state index is 12.2. The smallest absolute Gasteiger partial charge is 0.314 e. The van der Waals surface area contributed by atoms with Gasteiger partial charge >= 0.3 is 5.97 Å². The number of hydrogen-bond donors (Lipinski definition) is 7. The molecule has 3 rings (SSSR count). The zero-order chi connectivity index (χ0) is 18.4. The van der Waals surface area contributed by atoms with Gasteiger partial charge in [-0.2, -0.15) is 0 Å². The quantitative estimate of drug-likeness (QED) is 0.312. The van der Waals surface area contributed by atoms with Gasteiger partial charge in [-0.15, -0.1) is 0 Å². The van der Waals surface area contributed by atoms with Gasteiger partial charge in [0.15, 0.2) is 5.75 Å². The average Bonchev–Trinajstić information content (AvgIpc) is 3.00. The molecule has 0 saturated heterocycles. The molecule has 7 N–H and O–H groups in total. The molecule has 1 heterocycles. The average molecular weight is 353 g/mol. The summed E-state index contributed by atoms with van der Waals surface area (Å²) in [5, 5.41) is 59.9. The number of esters is 1. The topological polar surface area (TPSA) is 163 Å². The number of ether oxygens (including phenoxy) is 1. The van der Waals surface area contributed by atoms with Crippen molar-refractivity contribution in [2.75, 3.05) is 0 Å². The maximum atomic E-state index is 12.2. The summed E-state index contributed by atoms with van der Waals surface area (Å²) in [6.45, 7) is 0. The third-order valence-corrected chi connectivity index (χ3v) is 4.57. The van der Waals surface area contributed by atoms with Crippen LogP contribution in [0.1, 0.15) is 6.42 Å². The number of aromatic nitrogens is 1. The van der Waals surface area contributed by atoms with Crippen molar-refractivity contribution in [1.82, 2.24) is 4.98 Å². The number of fused-ring (bicyclic) bond motifs is 1. The molecule has 0 spiro atoms. The molecule has 2 aromatic rings. The minimum absolute atomic E-state index is 0.185. The second-order valence-electron chi connectivity index (χ2n) is 6.20. The molecule has 0 amide bonds. The fourth-order valence-electron chi connectivity index (χ4n) is 3.07. The second kappa shape index (κ2) is 6.37. The summed E-state index contributed by atoms with van der Waals surface area (Å²) in [6.07, 6.45) is -9.33. The fraction of sp³-hybridized carbons (Fsp3) is 0.438. The van der Waals surface area contributed by atoms with Crippen LogP contribution in [0.3, 0.4) is 0 Å². The third kappa shape index (κ3) is 2.91. The van der Waals surface area contributed by atoms with Crippen LogP contribution >= 0.6 is 0 Å². The van der Waals surface area contributed by atoms with Crippen LogP contribution in [-0.4, -0.2) is 77.7 Å². The zero-order valence-corrected chi connectivity index (χ0v) is 13.0. The van der Waals surface area contributed by atoms with E-state index in [1.807, 2.05) is 0 Å². The molecule has 25 heavy (non-hydrogen) atoms. The molecule has 0 radical (unpaired) electrons. The highest BCUT2D eigenvalue weighted by Crippen LogP contribution is 2.34. The van der Waals surface area contributed by atoms with Gasteiger partial charge in [-0.3, -0.25) is 4.79 Å². The molecule has 1 fully saturated rings. The van der Waals surface area contributed by atoms with Gasteiger partial charge in [0.05, 0.1) is 6.42 Å². The normalized spacial score (nSPS) is 35.7. The van der Waals surface area contributed by atoms with Gasteiger partial charge < -0.3 is 40.4 Å². The number of aromatic amines is 1. The van der Waals surface area contributed by atoms with E-state index >= 15 is 0 Å². The van der Waals surface area contributed by atoms with Crippen LogP contribution in [0.2, 0.25) is 0 Å². The van der Waals surface area contributed by atoms with E-state index in [1.165, 1.54) is 6.20 Å². The summed E-state index contributed by atoms with van der Waals surface area (Å²) < 4.78 is 5.15. The number of nitrogens with one attached hydrogen (secondary N) is 1. The second-order valence-corrected chi connectivity index (χ2v) is 6.20. The highest BCUT2D eigenvalue weighted by molar-refractivity contribution is 5.88. The van der Waals surface area contributed by atoms with Gasteiger partial charge in [-0.1, -0.05) is 12.1 Å². The van der Waals surface area contributed by atoms with Crippen LogP contribution in [0.5, 0.6) is 5.75 Å². The van der Waals surface area contributed by atoms with Crippen molar-refractivity contribution < 1.29 is 40.2 Å². The Morgan fingerprint density at radius 1 is 1.04 bits per heavy atom. The summed E-state index contributed by atoms with van der Waals surface area (Å²) in [4.78, 5) is 15.1. The third-order valence-electron chi connectivity index (χ3n) is 4.57. The molecule has 9 heteroatoms. The van der Waals surface area contributed by atoms with Crippen LogP contribution in [0.25, 0.3) is 10.9 Å². The van der Waals surface area contributed by atoms with Crippen molar-refractivity contribution in [3.05, 3.63) is 30.5 Å². The summed E-state index contributed by atoms with van der Waals surface area (Å²) in [7, 11) is 0. The summed E-state index contributed by atoms with van der Waals surface area (Å²) in [5.74, 6) is -0.814. The zero-order valence-electron chi connectivity index (χ0n) is 13.0. The summed E-state index contributed by atoms with van der Waals surface area (Å²) >= 11 is 0. The van der Waals surface area contributed by atoms with E-state index in [-0.39, 0.29) is 5.75 Å². The highest BCUT2D eigenvalue weighted by atomic mass is 16.5. The van der Waals surface area contributed by atoms with Gasteiger partial charge in [0.25, 0.3) is 0 Å². The molecule has 136 valence electrons. The standard InChI is InChI=1S/C16H19NO8/c18-10(25-9-6-17-8-4-2-1-3-7(8)9)5-16(24)14(22)12(20)11(19)13(21)15(16)23/h1-4,6,11-15,17,19-24H,5H2/t11-,12-,13+,14-,15-,16+/m1/s1. The predicted octanol–water partition coefficient (Wildman–Crippen LogP) is -1.99. The first kappa shape index (κ1) is 17.8. The van der Waals surface area contributed by atoms with Crippen molar-refractivity contribution in [2.45, 2.75) is 42.5 Å². The lowest BCUT2D eigenvalue weighted by Crippen LogP contribution is -2.71. The Hall–Kier alpha value is -2.01. The number of benzene rings is 1. The SMILES string of the molecule is O=C(C[C@]1(O)[C@H](O)[C@H](O)[C@@H](O)[C@H](O)[C@H]1O)Oc1c[nH]c2ccccc12. The first-order valence-corrected chi connectivity index (χ1v) is 7.65. The lowest BCUT2D eigenvalue weighted by molar-refractivity contribution is -0.269. The molecule has 6 atom stereocenters. The van der Waals surface area contributed by atoms with Gasteiger partial charge in [0, 0.05) is 17.1 Å². The predicted molar refractivity (Wildman–Crippen MR) is 83.5 cm³/mol. The van der Waals surface area contributed by atoms with E-state index < -0.39 is 48.5 Å². The van der Waals surface area contributed by atoms with Gasteiger partial charge in [0.2, 0.25) is 0 Å². The molecule has 0 bridgehead atoms. The van der Waals surface area contributed by atoms with E-state index in [0.717, 1.165) is 5.52 Å². The molecule has 1 aliphatic rings. The summed E-state index contributed by atoms with van der Waals surface area (Å²) in [5.41, 5.74) is -1.86. The number of rotatable bonds is 3. The highest BCUT2D eigenvalue weighted by Gasteiger charge is 2.58. The number of aliphatic hydroxyl groups excluding tert-OH is 5.